The molecule has 0 spiro atoms. The van der Waals surface area contributed by atoms with Gasteiger partial charge in [0.1, 0.15) is 5.02 Å². The number of amides is 2. The van der Waals surface area contributed by atoms with Crippen molar-refractivity contribution in [3.63, 3.8) is 0 Å². The predicted molar refractivity (Wildman–Crippen MR) is 106 cm³/mol. The second-order valence-electron chi connectivity index (χ2n) is 5.72. The molecule has 0 saturated carbocycles. The lowest BCUT2D eigenvalue weighted by Crippen LogP contribution is -2.12. The standard InChI is InChI=1S/C19H18ClN3O4/c1-3-18(24)21-14-7-4-12(2)16(11-14)22-19(25)9-6-13-5-8-15(20)17(10-13)23(26)27/h4-11H,3H2,1-2H3,(H,21,24)(H,22,25)/b9-6+. The summed E-state index contributed by atoms with van der Waals surface area (Å²) in [6.45, 7) is 3.57. The third-order valence-corrected chi connectivity index (χ3v) is 4.01. The maximum Gasteiger partial charge on any atom is 0.288 e. The highest BCUT2D eigenvalue weighted by atomic mass is 35.5. The van der Waals surface area contributed by atoms with Crippen molar-refractivity contribution in [2.45, 2.75) is 20.3 Å². The number of benzene rings is 2. The number of aryl methyl sites for hydroxylation is 1. The lowest BCUT2D eigenvalue weighted by atomic mass is 10.1. The zero-order valence-corrected chi connectivity index (χ0v) is 15.5. The zero-order valence-electron chi connectivity index (χ0n) is 14.8. The number of carbonyl (C=O) groups is 2. The van der Waals surface area contributed by atoms with Crippen LogP contribution in [0.4, 0.5) is 17.1 Å². The smallest absolute Gasteiger partial charge is 0.288 e. The maximum absolute atomic E-state index is 12.2. The minimum Gasteiger partial charge on any atom is -0.326 e. The van der Waals surface area contributed by atoms with Crippen LogP contribution in [0, 0.1) is 17.0 Å². The molecule has 0 unspecified atom stereocenters. The Morgan fingerprint density at radius 2 is 1.93 bits per heavy atom. The van der Waals surface area contributed by atoms with Gasteiger partial charge in [-0.3, -0.25) is 19.7 Å². The molecule has 0 aliphatic carbocycles. The summed E-state index contributed by atoms with van der Waals surface area (Å²) in [5.41, 5.74) is 2.21. The Kier molecular flexibility index (Phi) is 6.67. The molecule has 0 aromatic heterocycles. The van der Waals surface area contributed by atoms with Gasteiger partial charge in [-0.05, 0) is 42.3 Å². The first-order chi connectivity index (χ1) is 12.8. The predicted octanol–water partition coefficient (Wildman–Crippen LogP) is 4.56. The molecule has 2 aromatic rings. The van der Waals surface area contributed by atoms with Crippen LogP contribution in [0.3, 0.4) is 0 Å². The summed E-state index contributed by atoms with van der Waals surface area (Å²) in [6, 6.07) is 9.47. The topological polar surface area (TPSA) is 101 Å². The summed E-state index contributed by atoms with van der Waals surface area (Å²) in [5.74, 6) is -0.532. The molecule has 27 heavy (non-hydrogen) atoms. The summed E-state index contributed by atoms with van der Waals surface area (Å²) < 4.78 is 0. The van der Waals surface area contributed by atoms with E-state index in [4.69, 9.17) is 11.6 Å². The van der Waals surface area contributed by atoms with Gasteiger partial charge < -0.3 is 10.6 Å². The number of carbonyl (C=O) groups excluding carboxylic acids is 2. The third kappa shape index (κ3) is 5.65. The Morgan fingerprint density at radius 1 is 1.19 bits per heavy atom. The minimum absolute atomic E-state index is 0.0307. The van der Waals surface area contributed by atoms with E-state index < -0.39 is 10.8 Å². The van der Waals surface area contributed by atoms with Crippen LogP contribution in [0.1, 0.15) is 24.5 Å². The van der Waals surface area contributed by atoms with E-state index in [2.05, 4.69) is 10.6 Å². The first-order valence-corrected chi connectivity index (χ1v) is 8.51. The first-order valence-electron chi connectivity index (χ1n) is 8.13. The van der Waals surface area contributed by atoms with E-state index in [1.165, 1.54) is 24.3 Å². The number of rotatable bonds is 6. The van der Waals surface area contributed by atoms with Crippen molar-refractivity contribution in [3.8, 4) is 0 Å². The molecule has 0 aliphatic rings. The van der Waals surface area contributed by atoms with Crippen LogP contribution in [0.25, 0.3) is 6.08 Å². The first kappa shape index (κ1) is 20.1. The van der Waals surface area contributed by atoms with Crippen LogP contribution in [0.2, 0.25) is 5.02 Å². The van der Waals surface area contributed by atoms with Crippen LogP contribution in [-0.2, 0) is 9.59 Å². The normalized spacial score (nSPS) is 10.6. The average Bonchev–Trinajstić information content (AvgIpc) is 2.63. The van der Waals surface area contributed by atoms with Gasteiger partial charge >= 0.3 is 0 Å². The molecule has 2 rings (SSSR count). The monoisotopic (exact) mass is 387 g/mol. The van der Waals surface area contributed by atoms with Crippen molar-refractivity contribution in [3.05, 3.63) is 68.7 Å². The highest BCUT2D eigenvalue weighted by Gasteiger charge is 2.12. The highest BCUT2D eigenvalue weighted by Crippen LogP contribution is 2.25. The second kappa shape index (κ2) is 8.95. The molecule has 0 radical (unpaired) electrons. The molecule has 8 heteroatoms. The van der Waals surface area contributed by atoms with E-state index in [-0.39, 0.29) is 16.6 Å². The molecule has 140 valence electrons. The van der Waals surface area contributed by atoms with E-state index in [0.29, 0.717) is 23.4 Å². The minimum atomic E-state index is -0.584. The molecule has 2 amide bonds. The van der Waals surface area contributed by atoms with Crippen molar-refractivity contribution < 1.29 is 14.5 Å². The molecule has 0 atom stereocenters. The van der Waals surface area contributed by atoms with Crippen LogP contribution in [0.5, 0.6) is 0 Å². The number of halogens is 1. The number of nitrogens with zero attached hydrogens (tertiary/aromatic N) is 1. The Hall–Kier alpha value is -3.19. The van der Waals surface area contributed by atoms with Gasteiger partial charge in [-0.1, -0.05) is 30.7 Å². The summed E-state index contributed by atoms with van der Waals surface area (Å²) >= 11 is 5.76. The molecular formula is C19H18ClN3O4. The molecule has 0 saturated heterocycles. The fourth-order valence-electron chi connectivity index (χ4n) is 2.20. The van der Waals surface area contributed by atoms with E-state index in [1.54, 1.807) is 31.2 Å². The van der Waals surface area contributed by atoms with E-state index in [1.807, 2.05) is 6.92 Å². The zero-order chi connectivity index (χ0) is 20.0. The molecular weight excluding hydrogens is 370 g/mol. The molecule has 2 N–H and O–H groups in total. The van der Waals surface area contributed by atoms with Crippen LogP contribution < -0.4 is 10.6 Å². The van der Waals surface area contributed by atoms with Crippen LogP contribution >= 0.6 is 11.6 Å². The summed E-state index contributed by atoms with van der Waals surface area (Å²) in [5, 5.41) is 16.4. The largest absolute Gasteiger partial charge is 0.326 e. The van der Waals surface area contributed by atoms with Gasteiger partial charge in [0.15, 0.2) is 0 Å². The van der Waals surface area contributed by atoms with Crippen LogP contribution in [0.15, 0.2) is 42.5 Å². The van der Waals surface area contributed by atoms with Gasteiger partial charge in [0, 0.05) is 29.9 Å². The fourth-order valence-corrected chi connectivity index (χ4v) is 2.39. The molecule has 0 aliphatic heterocycles. The molecule has 0 fully saturated rings. The van der Waals surface area contributed by atoms with Crippen molar-refractivity contribution in [2.24, 2.45) is 0 Å². The summed E-state index contributed by atoms with van der Waals surface area (Å²) in [6.07, 6.45) is 3.08. The Morgan fingerprint density at radius 3 is 2.59 bits per heavy atom. The van der Waals surface area contributed by atoms with Gasteiger partial charge in [0.05, 0.1) is 4.92 Å². The molecule has 0 bridgehead atoms. The van der Waals surface area contributed by atoms with Crippen molar-refractivity contribution >= 4 is 46.6 Å². The van der Waals surface area contributed by atoms with Gasteiger partial charge in [-0.15, -0.1) is 0 Å². The van der Waals surface area contributed by atoms with E-state index in [0.717, 1.165) is 5.56 Å². The lowest BCUT2D eigenvalue weighted by Gasteiger charge is -2.10. The quantitative estimate of drug-likeness (QED) is 0.431. The molecule has 0 heterocycles. The molecule has 7 nitrogen and oxygen atoms in total. The lowest BCUT2D eigenvalue weighted by molar-refractivity contribution is -0.384. The number of anilines is 2. The van der Waals surface area contributed by atoms with Crippen molar-refractivity contribution in [2.75, 3.05) is 10.6 Å². The number of hydrogen-bond acceptors (Lipinski definition) is 4. The SMILES string of the molecule is CCC(=O)Nc1ccc(C)c(NC(=O)/C=C/c2ccc(Cl)c([N+](=O)[O-])c2)c1. The van der Waals surface area contributed by atoms with Crippen LogP contribution in [-0.4, -0.2) is 16.7 Å². The van der Waals surface area contributed by atoms with Gasteiger partial charge in [0.25, 0.3) is 5.69 Å². The number of nitrogens with one attached hydrogen (secondary N) is 2. The molecule has 2 aromatic carbocycles. The maximum atomic E-state index is 12.2. The van der Waals surface area contributed by atoms with E-state index >= 15 is 0 Å². The highest BCUT2D eigenvalue weighted by molar-refractivity contribution is 6.32. The number of nitro groups is 1. The van der Waals surface area contributed by atoms with Gasteiger partial charge in [-0.25, -0.2) is 0 Å². The van der Waals surface area contributed by atoms with Gasteiger partial charge in [0.2, 0.25) is 11.8 Å². The Balaban J connectivity index is 2.12. The van der Waals surface area contributed by atoms with Gasteiger partial charge in [-0.2, -0.15) is 0 Å². The average molecular weight is 388 g/mol. The number of nitro benzene ring substituents is 1. The second-order valence-corrected chi connectivity index (χ2v) is 6.13. The van der Waals surface area contributed by atoms with E-state index in [9.17, 15) is 19.7 Å². The third-order valence-electron chi connectivity index (χ3n) is 3.69. The summed E-state index contributed by atoms with van der Waals surface area (Å²) in [4.78, 5) is 34.0. The Bertz CT molecular complexity index is 925. The van der Waals surface area contributed by atoms with Crippen molar-refractivity contribution in [1.29, 1.82) is 0 Å². The Labute approximate surface area is 161 Å². The van der Waals surface area contributed by atoms with Crippen molar-refractivity contribution in [1.82, 2.24) is 0 Å². The fraction of sp³-hybridized carbons (Fsp3) is 0.158. The number of hydrogen-bond donors (Lipinski definition) is 2. The summed E-state index contributed by atoms with van der Waals surface area (Å²) in [7, 11) is 0.